The molecule has 3 atom stereocenters. The zero-order valence-corrected chi connectivity index (χ0v) is 22.0. The molecule has 4 N–H and O–H groups in total. The molecule has 3 unspecified atom stereocenters. The van der Waals surface area contributed by atoms with Gasteiger partial charge in [-0.3, -0.25) is 15.1 Å². The van der Waals surface area contributed by atoms with Crippen molar-refractivity contribution in [3.63, 3.8) is 0 Å². The van der Waals surface area contributed by atoms with E-state index in [2.05, 4.69) is 38.0 Å². The van der Waals surface area contributed by atoms with Crippen molar-refractivity contribution in [1.82, 2.24) is 31.0 Å². The van der Waals surface area contributed by atoms with Gasteiger partial charge in [-0.2, -0.15) is 0 Å². The number of amides is 1. The molecule has 4 rings (SSSR count). The minimum atomic E-state index is -0.387. The van der Waals surface area contributed by atoms with Crippen LogP contribution in [-0.2, 0) is 4.74 Å². The van der Waals surface area contributed by atoms with Gasteiger partial charge in [0.2, 0.25) is 11.2 Å². The molecule has 1 saturated carbocycles. The van der Waals surface area contributed by atoms with E-state index in [1.807, 2.05) is 25.9 Å². The van der Waals surface area contributed by atoms with E-state index >= 15 is 0 Å². The Morgan fingerprint density at radius 1 is 1.33 bits per heavy atom. The van der Waals surface area contributed by atoms with Crippen LogP contribution in [0.3, 0.4) is 0 Å². The molecule has 0 bridgehead atoms. The van der Waals surface area contributed by atoms with E-state index in [0.29, 0.717) is 34.1 Å². The smallest absolute Gasteiger partial charge is 0.253 e. The standard InChI is InChI=1S/C24H28ClN7O3S/c1-13(32(2)3)35-21(26)15-8-9-16(17(11-15)20-18(34-4)12-27-23(25)28-20)22(33)29-24-31-30-19(36-24)10-7-14-5-6-14/h8-9,11-14,19,24,26,30-31H,5-6H2,1-4H3,(H,29,33). The number of halogens is 1. The highest BCUT2D eigenvalue weighted by Gasteiger charge is 2.28. The number of carbonyl (C=O) groups is 1. The second kappa shape index (κ2) is 11.5. The Balaban J connectivity index is 1.61. The van der Waals surface area contributed by atoms with Crippen LogP contribution in [0.5, 0.6) is 5.75 Å². The normalized spacial score (nSPS) is 19.8. The molecule has 1 aromatic heterocycles. The maximum Gasteiger partial charge on any atom is 0.253 e. The molecule has 2 heterocycles. The van der Waals surface area contributed by atoms with Crippen molar-refractivity contribution < 1.29 is 14.3 Å². The fourth-order valence-corrected chi connectivity index (χ4v) is 4.22. The molecule has 10 nitrogen and oxygen atoms in total. The Hall–Kier alpha value is -2.88. The third-order valence-corrected chi connectivity index (χ3v) is 6.82. The molecule has 0 spiro atoms. The molecule has 190 valence electrons. The van der Waals surface area contributed by atoms with Crippen LogP contribution >= 0.6 is 23.4 Å². The van der Waals surface area contributed by atoms with Crippen LogP contribution in [0, 0.1) is 23.2 Å². The van der Waals surface area contributed by atoms with E-state index in [4.69, 9.17) is 26.5 Å². The van der Waals surface area contributed by atoms with E-state index in [-0.39, 0.29) is 34.2 Å². The first-order chi connectivity index (χ1) is 17.2. The highest BCUT2D eigenvalue weighted by atomic mass is 35.5. The van der Waals surface area contributed by atoms with Crippen molar-refractivity contribution in [3.05, 3.63) is 40.8 Å². The lowest BCUT2D eigenvalue weighted by molar-refractivity contribution is 0.0699. The molecule has 2 aliphatic rings. The summed E-state index contributed by atoms with van der Waals surface area (Å²) in [4.78, 5) is 23.5. The van der Waals surface area contributed by atoms with Crippen molar-refractivity contribution in [3.8, 4) is 28.8 Å². The average molecular weight is 530 g/mol. The van der Waals surface area contributed by atoms with Crippen LogP contribution in [0.4, 0.5) is 0 Å². The molecule has 1 aliphatic carbocycles. The number of nitrogens with zero attached hydrogens (tertiary/aromatic N) is 3. The van der Waals surface area contributed by atoms with Crippen LogP contribution in [0.2, 0.25) is 5.28 Å². The van der Waals surface area contributed by atoms with Crippen LogP contribution in [0.1, 0.15) is 35.7 Å². The SMILES string of the molecule is COc1cnc(Cl)nc1-c1cc(C(=N)OC(C)N(C)C)ccc1C(=O)NC1NNC(C#CC2CC2)S1. The maximum atomic E-state index is 13.4. The van der Waals surface area contributed by atoms with Crippen LogP contribution in [-0.4, -0.2) is 65.0 Å². The molecule has 1 amide bonds. The van der Waals surface area contributed by atoms with Crippen molar-refractivity contribution in [2.24, 2.45) is 5.92 Å². The van der Waals surface area contributed by atoms with Gasteiger partial charge < -0.3 is 14.8 Å². The quantitative estimate of drug-likeness (QED) is 0.141. The van der Waals surface area contributed by atoms with E-state index in [1.165, 1.54) is 25.1 Å². The van der Waals surface area contributed by atoms with Crippen molar-refractivity contribution in [2.45, 2.75) is 36.9 Å². The number of methoxy groups -OCH3 is 1. The van der Waals surface area contributed by atoms with E-state index < -0.39 is 0 Å². The first-order valence-corrected chi connectivity index (χ1v) is 12.7. The van der Waals surface area contributed by atoms with Gasteiger partial charge in [0.1, 0.15) is 16.6 Å². The first-order valence-electron chi connectivity index (χ1n) is 11.4. The summed E-state index contributed by atoms with van der Waals surface area (Å²) in [6.07, 6.45) is 3.44. The monoisotopic (exact) mass is 529 g/mol. The Labute approximate surface area is 219 Å². The third-order valence-electron chi connectivity index (χ3n) is 5.62. The summed E-state index contributed by atoms with van der Waals surface area (Å²) in [7, 11) is 5.20. The molecule has 1 aromatic carbocycles. The molecular formula is C24H28ClN7O3S. The minimum absolute atomic E-state index is 0.00408. The molecule has 12 heteroatoms. The highest BCUT2D eigenvalue weighted by molar-refractivity contribution is 8.00. The largest absolute Gasteiger partial charge is 0.493 e. The van der Waals surface area contributed by atoms with E-state index in [1.54, 1.807) is 18.2 Å². The van der Waals surface area contributed by atoms with Crippen LogP contribution in [0.25, 0.3) is 11.3 Å². The summed E-state index contributed by atoms with van der Waals surface area (Å²) in [6.45, 7) is 1.84. The van der Waals surface area contributed by atoms with Gasteiger partial charge in [-0.15, -0.1) is 0 Å². The number of ether oxygens (including phenoxy) is 2. The maximum absolute atomic E-state index is 13.4. The number of carbonyl (C=O) groups excluding carboxylic acids is 1. The zero-order valence-electron chi connectivity index (χ0n) is 20.4. The molecule has 0 radical (unpaired) electrons. The second-order valence-electron chi connectivity index (χ2n) is 8.55. The lowest BCUT2D eigenvalue weighted by atomic mass is 9.99. The van der Waals surface area contributed by atoms with Gasteiger partial charge in [-0.1, -0.05) is 23.6 Å². The highest BCUT2D eigenvalue weighted by Crippen LogP contribution is 2.33. The molecule has 1 saturated heterocycles. The molecule has 2 aromatic rings. The molecule has 36 heavy (non-hydrogen) atoms. The zero-order chi connectivity index (χ0) is 25.8. The fraction of sp³-hybridized carbons (Fsp3) is 0.417. The lowest BCUT2D eigenvalue weighted by Gasteiger charge is -2.22. The summed E-state index contributed by atoms with van der Waals surface area (Å²) in [5.74, 6) is 6.87. The van der Waals surface area contributed by atoms with Gasteiger partial charge in [0.05, 0.1) is 13.3 Å². The summed E-state index contributed by atoms with van der Waals surface area (Å²) in [5, 5.41) is 11.3. The summed E-state index contributed by atoms with van der Waals surface area (Å²) in [5.41, 5.74) is 7.31. The fourth-order valence-electron chi connectivity index (χ4n) is 3.23. The number of aromatic nitrogens is 2. The third kappa shape index (κ3) is 6.46. The number of hydrogen-bond acceptors (Lipinski definition) is 10. The number of benzene rings is 1. The Bertz CT molecular complexity index is 1210. The number of rotatable bonds is 7. The number of thioether (sulfide) groups is 1. The molecular weight excluding hydrogens is 502 g/mol. The van der Waals surface area contributed by atoms with Gasteiger partial charge >= 0.3 is 0 Å². The van der Waals surface area contributed by atoms with Gasteiger partial charge in [0.15, 0.2) is 12.0 Å². The predicted octanol–water partition coefficient (Wildman–Crippen LogP) is 2.65. The second-order valence-corrected chi connectivity index (χ2v) is 10.1. The van der Waals surface area contributed by atoms with Crippen molar-refractivity contribution in [2.75, 3.05) is 21.2 Å². The van der Waals surface area contributed by atoms with Gasteiger partial charge in [0, 0.05) is 22.6 Å². The first kappa shape index (κ1) is 26.2. The number of hydrogen-bond donors (Lipinski definition) is 4. The van der Waals surface area contributed by atoms with Gasteiger partial charge in [-0.25, -0.2) is 20.8 Å². The van der Waals surface area contributed by atoms with Gasteiger partial charge in [-0.05, 0) is 63.7 Å². The van der Waals surface area contributed by atoms with Gasteiger partial charge in [0.25, 0.3) is 5.91 Å². The Morgan fingerprint density at radius 2 is 2.11 bits per heavy atom. The summed E-state index contributed by atoms with van der Waals surface area (Å²) < 4.78 is 11.2. The number of hydrazine groups is 1. The topological polar surface area (TPSA) is 124 Å². The van der Waals surface area contributed by atoms with Crippen LogP contribution in [0.15, 0.2) is 24.4 Å². The Morgan fingerprint density at radius 3 is 2.81 bits per heavy atom. The minimum Gasteiger partial charge on any atom is -0.493 e. The average Bonchev–Trinajstić information content (AvgIpc) is 3.59. The summed E-state index contributed by atoms with van der Waals surface area (Å²) in [6, 6.07) is 4.96. The lowest BCUT2D eigenvalue weighted by Crippen LogP contribution is -2.43. The predicted molar refractivity (Wildman–Crippen MR) is 139 cm³/mol. The Kier molecular flexibility index (Phi) is 8.33. The van der Waals surface area contributed by atoms with Crippen molar-refractivity contribution in [1.29, 1.82) is 5.41 Å². The molecule has 2 fully saturated rings. The number of nitrogens with one attached hydrogen (secondary N) is 4. The van der Waals surface area contributed by atoms with Crippen LogP contribution < -0.4 is 20.9 Å². The van der Waals surface area contributed by atoms with Crippen molar-refractivity contribution >= 4 is 35.2 Å². The summed E-state index contributed by atoms with van der Waals surface area (Å²) >= 11 is 7.56. The van der Waals surface area contributed by atoms with E-state index in [9.17, 15) is 4.79 Å². The molecule has 1 aliphatic heterocycles. The van der Waals surface area contributed by atoms with E-state index in [0.717, 1.165) is 12.8 Å².